The highest BCUT2D eigenvalue weighted by atomic mass is 19.1. The molecule has 0 bridgehead atoms. The molecule has 6 heteroatoms. The van der Waals surface area contributed by atoms with Crippen LogP contribution in [0.3, 0.4) is 0 Å². The Balaban J connectivity index is 1.99. The van der Waals surface area contributed by atoms with E-state index in [-0.39, 0.29) is 24.4 Å². The number of alkyl halides is 1. The minimum atomic E-state index is -1.52. The molecule has 0 saturated heterocycles. The molecule has 0 aromatic carbocycles. The molecule has 2 unspecified atom stereocenters. The number of carboxylic acids is 1. The number of aliphatic carboxylic acids is 1. The molecule has 8 atom stereocenters. The van der Waals surface area contributed by atoms with Gasteiger partial charge in [-0.15, -0.1) is 0 Å². The lowest BCUT2D eigenvalue weighted by atomic mass is 9.59. The van der Waals surface area contributed by atoms with Crippen LogP contribution in [0, 0.1) is 29.6 Å². The van der Waals surface area contributed by atoms with Gasteiger partial charge in [0.2, 0.25) is 0 Å². The predicted molar refractivity (Wildman–Crippen MR) is 109 cm³/mol. The fraction of sp³-hybridized carbons (Fsp3) is 0.913. The Kier molecular flexibility index (Phi) is 9.38. The van der Waals surface area contributed by atoms with E-state index in [1.807, 2.05) is 13.8 Å². The van der Waals surface area contributed by atoms with Gasteiger partial charge >= 0.3 is 11.9 Å². The van der Waals surface area contributed by atoms with Crippen molar-refractivity contribution in [3.8, 4) is 0 Å². The maximum atomic E-state index is 13.7. The molecular weight excluding hydrogens is 375 g/mol. The van der Waals surface area contributed by atoms with Gasteiger partial charge in [-0.05, 0) is 62.7 Å². The van der Waals surface area contributed by atoms with E-state index in [0.717, 1.165) is 38.5 Å². The maximum absolute atomic E-state index is 13.7. The minimum absolute atomic E-state index is 0.0546. The Morgan fingerprint density at radius 3 is 2.59 bits per heavy atom. The van der Waals surface area contributed by atoms with E-state index in [4.69, 9.17) is 9.84 Å². The van der Waals surface area contributed by atoms with Crippen molar-refractivity contribution in [1.29, 1.82) is 0 Å². The standard InChI is InChI=1S/C23H39FO5/c1-4-14(2)23(28)29-20-7-5-6-16-9-8-15(3)19(22(16)20)11-10-18(25)12-17(24)13-21(26)27/h14-20,22,25H,4-13H2,1-3H3,(H,26,27)/t14-,15-,16?,17-,18+,19-,20-,22?/m0/s1. The average Bonchev–Trinajstić information content (AvgIpc) is 2.66. The molecule has 29 heavy (non-hydrogen) atoms. The van der Waals surface area contributed by atoms with Gasteiger partial charge in [-0.1, -0.05) is 27.2 Å². The molecule has 0 radical (unpaired) electrons. The van der Waals surface area contributed by atoms with Gasteiger partial charge in [0.1, 0.15) is 12.3 Å². The molecule has 2 rings (SSSR count). The number of halogens is 1. The van der Waals surface area contributed by atoms with Crippen LogP contribution in [-0.4, -0.2) is 40.5 Å². The smallest absolute Gasteiger partial charge is 0.308 e. The van der Waals surface area contributed by atoms with Crippen molar-refractivity contribution in [2.45, 2.75) is 103 Å². The Morgan fingerprint density at radius 2 is 1.93 bits per heavy atom. The molecule has 2 aliphatic rings. The second-order valence-electron chi connectivity index (χ2n) is 9.43. The summed E-state index contributed by atoms with van der Waals surface area (Å²) in [6, 6.07) is 0. The number of esters is 1. The monoisotopic (exact) mass is 414 g/mol. The first kappa shape index (κ1) is 24.1. The highest BCUT2D eigenvalue weighted by Gasteiger charge is 2.45. The number of hydrogen-bond donors (Lipinski definition) is 2. The first-order valence-corrected chi connectivity index (χ1v) is 11.5. The van der Waals surface area contributed by atoms with Crippen LogP contribution < -0.4 is 0 Å². The van der Waals surface area contributed by atoms with Crippen LogP contribution in [0.4, 0.5) is 4.39 Å². The lowest BCUT2D eigenvalue weighted by molar-refractivity contribution is -0.165. The van der Waals surface area contributed by atoms with Crippen LogP contribution in [0.25, 0.3) is 0 Å². The molecule has 0 spiro atoms. The van der Waals surface area contributed by atoms with Crippen LogP contribution in [0.5, 0.6) is 0 Å². The largest absolute Gasteiger partial charge is 0.481 e. The average molecular weight is 415 g/mol. The third kappa shape index (κ3) is 6.94. The zero-order valence-electron chi connectivity index (χ0n) is 18.2. The normalized spacial score (nSPS) is 32.7. The number of fused-ring (bicyclic) bond motifs is 1. The number of ether oxygens (including phenoxy) is 1. The quantitative estimate of drug-likeness (QED) is 0.504. The number of hydrogen-bond acceptors (Lipinski definition) is 4. The Morgan fingerprint density at radius 1 is 1.21 bits per heavy atom. The zero-order chi connectivity index (χ0) is 21.6. The van der Waals surface area contributed by atoms with E-state index < -0.39 is 24.7 Å². The highest BCUT2D eigenvalue weighted by molar-refractivity contribution is 5.72. The first-order chi connectivity index (χ1) is 13.7. The molecule has 0 amide bonds. The molecule has 2 aliphatic carbocycles. The fourth-order valence-electron chi connectivity index (χ4n) is 5.42. The Labute approximate surface area is 174 Å². The van der Waals surface area contributed by atoms with Gasteiger partial charge in [0.05, 0.1) is 18.4 Å². The molecule has 2 N–H and O–H groups in total. The van der Waals surface area contributed by atoms with Crippen molar-refractivity contribution >= 4 is 11.9 Å². The number of carbonyl (C=O) groups is 2. The van der Waals surface area contributed by atoms with Gasteiger partial charge < -0.3 is 14.9 Å². The van der Waals surface area contributed by atoms with E-state index in [1.165, 1.54) is 6.42 Å². The van der Waals surface area contributed by atoms with Crippen LogP contribution in [-0.2, 0) is 14.3 Å². The summed E-state index contributed by atoms with van der Waals surface area (Å²) in [5, 5.41) is 18.9. The number of carbonyl (C=O) groups excluding carboxylic acids is 1. The van der Waals surface area contributed by atoms with E-state index in [9.17, 15) is 19.1 Å². The summed E-state index contributed by atoms with van der Waals surface area (Å²) in [6.07, 6.45) is 4.36. The zero-order valence-corrected chi connectivity index (χ0v) is 18.2. The minimum Gasteiger partial charge on any atom is -0.481 e. The Hall–Kier alpha value is -1.17. The van der Waals surface area contributed by atoms with Crippen LogP contribution >= 0.6 is 0 Å². The van der Waals surface area contributed by atoms with Crippen molar-refractivity contribution in [3.05, 3.63) is 0 Å². The van der Waals surface area contributed by atoms with Gasteiger partial charge in [-0.2, -0.15) is 0 Å². The molecule has 0 aliphatic heterocycles. The van der Waals surface area contributed by atoms with Crippen molar-refractivity contribution in [3.63, 3.8) is 0 Å². The van der Waals surface area contributed by atoms with Crippen molar-refractivity contribution < 1.29 is 28.9 Å². The van der Waals surface area contributed by atoms with Gasteiger partial charge in [-0.3, -0.25) is 9.59 Å². The van der Waals surface area contributed by atoms with E-state index >= 15 is 0 Å². The van der Waals surface area contributed by atoms with E-state index in [1.54, 1.807) is 0 Å². The predicted octanol–water partition coefficient (Wildman–Crippen LogP) is 4.75. The summed E-state index contributed by atoms with van der Waals surface area (Å²) >= 11 is 0. The molecule has 0 aromatic rings. The van der Waals surface area contributed by atoms with Crippen molar-refractivity contribution in [2.75, 3.05) is 0 Å². The van der Waals surface area contributed by atoms with E-state index in [0.29, 0.717) is 30.1 Å². The molecule has 5 nitrogen and oxygen atoms in total. The second-order valence-corrected chi connectivity index (χ2v) is 9.43. The summed E-state index contributed by atoms with van der Waals surface area (Å²) in [7, 11) is 0. The SMILES string of the molecule is CC[C@H](C)C(=O)O[C@H]1CCCC2CC[C@H](C)[C@H](CC[C@@H](O)C[C@H](F)CC(=O)O)C21. The van der Waals surface area contributed by atoms with Gasteiger partial charge in [0, 0.05) is 12.3 Å². The van der Waals surface area contributed by atoms with Crippen molar-refractivity contribution in [2.24, 2.45) is 29.6 Å². The van der Waals surface area contributed by atoms with Crippen LogP contribution in [0.15, 0.2) is 0 Å². The molecule has 168 valence electrons. The molecule has 0 aromatic heterocycles. The maximum Gasteiger partial charge on any atom is 0.308 e. The van der Waals surface area contributed by atoms with Crippen LogP contribution in [0.1, 0.15) is 85.0 Å². The molecule has 0 heterocycles. The fourth-order valence-corrected chi connectivity index (χ4v) is 5.42. The van der Waals surface area contributed by atoms with Gasteiger partial charge in [0.15, 0.2) is 0 Å². The van der Waals surface area contributed by atoms with Gasteiger partial charge in [-0.25, -0.2) is 4.39 Å². The third-order valence-corrected chi connectivity index (χ3v) is 7.29. The first-order valence-electron chi connectivity index (χ1n) is 11.5. The molecule has 2 saturated carbocycles. The Bertz CT molecular complexity index is 539. The lowest BCUT2D eigenvalue weighted by Gasteiger charge is -2.48. The lowest BCUT2D eigenvalue weighted by Crippen LogP contribution is -2.46. The number of aliphatic hydroxyl groups is 1. The molecule has 2 fully saturated rings. The third-order valence-electron chi connectivity index (χ3n) is 7.29. The number of rotatable bonds is 10. The summed E-state index contributed by atoms with van der Waals surface area (Å²) in [6.45, 7) is 6.13. The van der Waals surface area contributed by atoms with Crippen molar-refractivity contribution in [1.82, 2.24) is 0 Å². The summed E-state index contributed by atoms with van der Waals surface area (Å²) in [5.74, 6) is 0.311. The topological polar surface area (TPSA) is 83.8 Å². The number of aliphatic hydroxyl groups excluding tert-OH is 1. The molecular formula is C23H39FO5. The van der Waals surface area contributed by atoms with Crippen LogP contribution in [0.2, 0.25) is 0 Å². The second kappa shape index (κ2) is 11.3. The van der Waals surface area contributed by atoms with E-state index in [2.05, 4.69) is 6.92 Å². The summed E-state index contributed by atoms with van der Waals surface area (Å²) in [4.78, 5) is 23.1. The summed E-state index contributed by atoms with van der Waals surface area (Å²) in [5.41, 5.74) is 0. The summed E-state index contributed by atoms with van der Waals surface area (Å²) < 4.78 is 19.7. The number of carboxylic acid groups (broad SMARTS) is 1. The van der Waals surface area contributed by atoms with Gasteiger partial charge in [0.25, 0.3) is 0 Å². The highest BCUT2D eigenvalue weighted by Crippen LogP contribution is 2.49.